The molecule has 0 aliphatic rings. The minimum atomic E-state index is -1.13. The SMILES string of the molecule is CCOc1ccc(C(C)(CC(C)C)c2ccc(O)c(C(=O)O)c2)cc1. The van der Waals surface area contributed by atoms with Gasteiger partial charge >= 0.3 is 5.97 Å². The van der Waals surface area contributed by atoms with Crippen LogP contribution in [0.3, 0.4) is 0 Å². The van der Waals surface area contributed by atoms with E-state index in [1.165, 1.54) is 6.07 Å². The lowest BCUT2D eigenvalue weighted by molar-refractivity contribution is 0.0693. The maximum atomic E-state index is 11.4. The van der Waals surface area contributed by atoms with Gasteiger partial charge in [-0.2, -0.15) is 0 Å². The summed E-state index contributed by atoms with van der Waals surface area (Å²) in [6.07, 6.45) is 0.852. The number of aromatic hydroxyl groups is 1. The van der Waals surface area contributed by atoms with Gasteiger partial charge in [0.25, 0.3) is 0 Å². The van der Waals surface area contributed by atoms with Gasteiger partial charge in [-0.1, -0.05) is 39.0 Å². The second kappa shape index (κ2) is 7.60. The Morgan fingerprint density at radius 2 is 1.72 bits per heavy atom. The van der Waals surface area contributed by atoms with Crippen LogP contribution in [0.2, 0.25) is 0 Å². The minimum Gasteiger partial charge on any atom is -0.507 e. The summed E-state index contributed by atoms with van der Waals surface area (Å²) < 4.78 is 5.52. The lowest BCUT2D eigenvalue weighted by Crippen LogP contribution is -2.26. The Morgan fingerprint density at radius 1 is 1.12 bits per heavy atom. The summed E-state index contributed by atoms with van der Waals surface area (Å²) >= 11 is 0. The average molecular weight is 342 g/mol. The summed E-state index contributed by atoms with van der Waals surface area (Å²) in [4.78, 5) is 11.4. The van der Waals surface area contributed by atoms with Gasteiger partial charge in [0, 0.05) is 5.41 Å². The van der Waals surface area contributed by atoms with Gasteiger partial charge in [0.2, 0.25) is 0 Å². The molecule has 2 rings (SSSR count). The van der Waals surface area contributed by atoms with Gasteiger partial charge in [-0.3, -0.25) is 0 Å². The number of benzene rings is 2. The molecule has 0 spiro atoms. The Labute approximate surface area is 149 Å². The highest BCUT2D eigenvalue weighted by Gasteiger charge is 2.31. The smallest absolute Gasteiger partial charge is 0.339 e. The van der Waals surface area contributed by atoms with Gasteiger partial charge in [-0.15, -0.1) is 0 Å². The summed E-state index contributed by atoms with van der Waals surface area (Å²) in [6, 6.07) is 12.8. The molecule has 2 N–H and O–H groups in total. The van der Waals surface area contributed by atoms with Crippen molar-refractivity contribution in [2.24, 2.45) is 5.92 Å². The highest BCUT2D eigenvalue weighted by molar-refractivity contribution is 5.91. The Morgan fingerprint density at radius 3 is 2.24 bits per heavy atom. The number of aromatic carboxylic acids is 1. The number of carboxylic acid groups (broad SMARTS) is 1. The van der Waals surface area contributed by atoms with E-state index in [0.717, 1.165) is 23.3 Å². The van der Waals surface area contributed by atoms with Crippen molar-refractivity contribution in [2.75, 3.05) is 6.61 Å². The normalized spacial score (nSPS) is 13.5. The summed E-state index contributed by atoms with van der Waals surface area (Å²) in [7, 11) is 0. The van der Waals surface area contributed by atoms with E-state index in [2.05, 4.69) is 20.8 Å². The van der Waals surface area contributed by atoms with Gasteiger partial charge < -0.3 is 14.9 Å². The molecule has 0 heterocycles. The molecule has 134 valence electrons. The van der Waals surface area contributed by atoms with Crippen LogP contribution in [0.1, 0.15) is 55.6 Å². The van der Waals surface area contributed by atoms with Crippen molar-refractivity contribution in [2.45, 2.75) is 39.5 Å². The van der Waals surface area contributed by atoms with Crippen molar-refractivity contribution in [3.63, 3.8) is 0 Å². The number of carboxylic acids is 1. The highest BCUT2D eigenvalue weighted by atomic mass is 16.5. The van der Waals surface area contributed by atoms with E-state index >= 15 is 0 Å². The van der Waals surface area contributed by atoms with Crippen molar-refractivity contribution in [3.8, 4) is 11.5 Å². The van der Waals surface area contributed by atoms with Crippen LogP contribution < -0.4 is 4.74 Å². The molecule has 4 nitrogen and oxygen atoms in total. The Kier molecular flexibility index (Phi) is 5.73. The van der Waals surface area contributed by atoms with E-state index in [1.807, 2.05) is 31.2 Å². The molecule has 0 bridgehead atoms. The molecule has 0 saturated heterocycles. The van der Waals surface area contributed by atoms with Crippen molar-refractivity contribution in [1.82, 2.24) is 0 Å². The van der Waals surface area contributed by atoms with Crippen molar-refractivity contribution >= 4 is 5.97 Å². The quantitative estimate of drug-likeness (QED) is 0.755. The van der Waals surface area contributed by atoms with E-state index in [1.54, 1.807) is 12.1 Å². The van der Waals surface area contributed by atoms with Gasteiger partial charge in [-0.05, 0) is 54.7 Å². The molecule has 2 aromatic rings. The molecule has 1 unspecified atom stereocenters. The van der Waals surface area contributed by atoms with Crippen LogP contribution in [0.4, 0.5) is 0 Å². The molecule has 2 aromatic carbocycles. The van der Waals surface area contributed by atoms with Gasteiger partial charge in [0.15, 0.2) is 0 Å². The Balaban J connectivity index is 2.54. The molecule has 25 heavy (non-hydrogen) atoms. The monoisotopic (exact) mass is 342 g/mol. The molecule has 4 heteroatoms. The first-order chi connectivity index (χ1) is 11.8. The molecule has 0 aliphatic carbocycles. The number of hydrogen-bond donors (Lipinski definition) is 2. The number of rotatable bonds is 7. The molecule has 0 aromatic heterocycles. The predicted molar refractivity (Wildman–Crippen MR) is 98.6 cm³/mol. The van der Waals surface area contributed by atoms with Gasteiger partial charge in [-0.25, -0.2) is 4.79 Å². The zero-order valence-electron chi connectivity index (χ0n) is 15.2. The average Bonchev–Trinajstić information content (AvgIpc) is 2.55. The largest absolute Gasteiger partial charge is 0.507 e. The van der Waals surface area contributed by atoms with E-state index in [4.69, 9.17) is 4.74 Å². The predicted octanol–water partition coefficient (Wildman–Crippen LogP) is 4.84. The fourth-order valence-corrected chi connectivity index (χ4v) is 3.36. The van der Waals surface area contributed by atoms with Crippen LogP contribution in [0, 0.1) is 5.92 Å². The van der Waals surface area contributed by atoms with Crippen LogP contribution in [-0.2, 0) is 5.41 Å². The topological polar surface area (TPSA) is 66.8 Å². The number of hydrogen-bond acceptors (Lipinski definition) is 3. The van der Waals surface area contributed by atoms with E-state index in [9.17, 15) is 15.0 Å². The third kappa shape index (κ3) is 4.13. The van der Waals surface area contributed by atoms with Crippen LogP contribution in [0.25, 0.3) is 0 Å². The zero-order valence-corrected chi connectivity index (χ0v) is 15.2. The molecule has 0 fully saturated rings. The Hall–Kier alpha value is -2.49. The fraction of sp³-hybridized carbons (Fsp3) is 0.381. The number of ether oxygens (including phenoxy) is 1. The second-order valence-electron chi connectivity index (χ2n) is 6.92. The zero-order chi connectivity index (χ0) is 18.6. The first-order valence-electron chi connectivity index (χ1n) is 8.58. The second-order valence-corrected chi connectivity index (χ2v) is 6.92. The van der Waals surface area contributed by atoms with Gasteiger partial charge in [0.1, 0.15) is 17.1 Å². The van der Waals surface area contributed by atoms with Crippen molar-refractivity contribution < 1.29 is 19.7 Å². The maximum Gasteiger partial charge on any atom is 0.339 e. The molecule has 0 saturated carbocycles. The van der Waals surface area contributed by atoms with Crippen molar-refractivity contribution in [3.05, 3.63) is 59.2 Å². The molecule has 1 atom stereocenters. The third-order valence-electron chi connectivity index (χ3n) is 4.48. The first-order valence-corrected chi connectivity index (χ1v) is 8.58. The van der Waals surface area contributed by atoms with E-state index < -0.39 is 5.97 Å². The number of phenols is 1. The highest BCUT2D eigenvalue weighted by Crippen LogP contribution is 2.40. The standard InChI is InChI=1S/C21H26O4/c1-5-25-17-9-6-15(7-10-17)21(4,13-14(2)3)16-8-11-19(22)18(12-16)20(23)24/h6-12,14,22H,5,13H2,1-4H3,(H,23,24). The van der Waals surface area contributed by atoms with E-state index in [0.29, 0.717) is 12.5 Å². The van der Waals surface area contributed by atoms with Crippen LogP contribution in [0.5, 0.6) is 11.5 Å². The Bertz CT molecular complexity index is 734. The number of carbonyl (C=O) groups is 1. The molecule has 0 radical (unpaired) electrons. The van der Waals surface area contributed by atoms with Gasteiger partial charge in [0.05, 0.1) is 6.61 Å². The lowest BCUT2D eigenvalue weighted by Gasteiger charge is -2.33. The van der Waals surface area contributed by atoms with Crippen LogP contribution in [-0.4, -0.2) is 22.8 Å². The minimum absolute atomic E-state index is 0.0709. The fourth-order valence-electron chi connectivity index (χ4n) is 3.36. The van der Waals surface area contributed by atoms with Crippen LogP contribution in [0.15, 0.2) is 42.5 Å². The summed E-state index contributed by atoms with van der Waals surface area (Å²) in [5, 5.41) is 19.1. The molecule has 0 amide bonds. The molecular formula is C21H26O4. The maximum absolute atomic E-state index is 11.4. The van der Waals surface area contributed by atoms with Crippen LogP contribution >= 0.6 is 0 Å². The van der Waals surface area contributed by atoms with E-state index in [-0.39, 0.29) is 16.7 Å². The summed E-state index contributed by atoms with van der Waals surface area (Å²) in [5.74, 6) is -0.110. The molecule has 0 aliphatic heterocycles. The first kappa shape index (κ1) is 18.8. The van der Waals surface area contributed by atoms with Crippen molar-refractivity contribution in [1.29, 1.82) is 0 Å². The third-order valence-corrected chi connectivity index (χ3v) is 4.48. The molecular weight excluding hydrogens is 316 g/mol. The summed E-state index contributed by atoms with van der Waals surface area (Å²) in [6.45, 7) is 8.96. The lowest BCUT2D eigenvalue weighted by atomic mass is 9.71. The summed E-state index contributed by atoms with van der Waals surface area (Å²) in [5.41, 5.74) is 1.53.